The summed E-state index contributed by atoms with van der Waals surface area (Å²) in [7, 11) is 0. The Balaban J connectivity index is 2.29. The lowest BCUT2D eigenvalue weighted by atomic mass is 10.1. The van der Waals surface area contributed by atoms with Crippen LogP contribution in [0.1, 0.15) is 49.3 Å². The van der Waals surface area contributed by atoms with E-state index < -0.39 is 0 Å². The highest BCUT2D eigenvalue weighted by atomic mass is 32.1. The number of allylic oxidation sites excluding steroid dienone is 1. The molecule has 0 atom stereocenters. The van der Waals surface area contributed by atoms with Crippen LogP contribution in [-0.2, 0) is 6.42 Å². The standard InChI is InChI=1S/C13H20S/c1-3-5-6-7-9-13-11-10-12(14-13)8-4-2/h4,8,10-11H,3,5-7,9H2,1-2H3. The first-order valence-electron chi connectivity index (χ1n) is 5.58. The van der Waals surface area contributed by atoms with E-state index in [-0.39, 0.29) is 0 Å². The van der Waals surface area contributed by atoms with Gasteiger partial charge in [0, 0.05) is 9.75 Å². The third-order valence-electron chi connectivity index (χ3n) is 2.29. The quantitative estimate of drug-likeness (QED) is 0.583. The van der Waals surface area contributed by atoms with Gasteiger partial charge in [-0.15, -0.1) is 11.3 Å². The molecule has 1 rings (SSSR count). The highest BCUT2D eigenvalue weighted by Crippen LogP contribution is 2.20. The van der Waals surface area contributed by atoms with Gasteiger partial charge in [-0.2, -0.15) is 0 Å². The normalized spacial score (nSPS) is 11.3. The van der Waals surface area contributed by atoms with Crippen LogP contribution in [-0.4, -0.2) is 0 Å². The molecule has 1 heteroatoms. The van der Waals surface area contributed by atoms with Crippen molar-refractivity contribution in [3.8, 4) is 0 Å². The van der Waals surface area contributed by atoms with E-state index in [0.717, 1.165) is 0 Å². The number of unbranched alkanes of at least 4 members (excludes halogenated alkanes) is 3. The summed E-state index contributed by atoms with van der Waals surface area (Å²) in [6, 6.07) is 4.49. The molecule has 14 heavy (non-hydrogen) atoms. The van der Waals surface area contributed by atoms with Crippen LogP contribution in [0, 0.1) is 0 Å². The van der Waals surface area contributed by atoms with Crippen molar-refractivity contribution in [1.29, 1.82) is 0 Å². The molecule has 0 saturated carbocycles. The van der Waals surface area contributed by atoms with Gasteiger partial charge in [-0.3, -0.25) is 0 Å². The molecule has 0 saturated heterocycles. The lowest BCUT2D eigenvalue weighted by Crippen LogP contribution is -1.80. The molecule has 0 unspecified atom stereocenters. The Labute approximate surface area is 91.7 Å². The Kier molecular flexibility index (Phi) is 5.62. The van der Waals surface area contributed by atoms with E-state index in [1.165, 1.54) is 41.9 Å². The average molecular weight is 208 g/mol. The Bertz CT molecular complexity index is 271. The zero-order chi connectivity index (χ0) is 10.2. The summed E-state index contributed by atoms with van der Waals surface area (Å²) in [4.78, 5) is 2.92. The Morgan fingerprint density at radius 2 is 2.07 bits per heavy atom. The van der Waals surface area contributed by atoms with Crippen molar-refractivity contribution in [2.75, 3.05) is 0 Å². The molecule has 0 nitrogen and oxygen atoms in total. The number of thiophene rings is 1. The molecule has 0 radical (unpaired) electrons. The van der Waals surface area contributed by atoms with Gasteiger partial charge in [-0.1, -0.05) is 32.3 Å². The highest BCUT2D eigenvalue weighted by molar-refractivity contribution is 7.12. The molecule has 0 aliphatic carbocycles. The fraction of sp³-hybridized carbons (Fsp3) is 0.538. The van der Waals surface area contributed by atoms with E-state index in [1.807, 2.05) is 11.3 Å². The zero-order valence-electron chi connectivity index (χ0n) is 9.25. The Morgan fingerprint density at radius 1 is 1.21 bits per heavy atom. The monoisotopic (exact) mass is 208 g/mol. The van der Waals surface area contributed by atoms with Crippen LogP contribution in [0.4, 0.5) is 0 Å². The van der Waals surface area contributed by atoms with Crippen molar-refractivity contribution in [3.05, 3.63) is 28.0 Å². The van der Waals surface area contributed by atoms with Gasteiger partial charge in [-0.25, -0.2) is 0 Å². The summed E-state index contributed by atoms with van der Waals surface area (Å²) >= 11 is 1.93. The first kappa shape index (κ1) is 11.5. The minimum absolute atomic E-state index is 1.27. The molecule has 0 aliphatic heterocycles. The summed E-state index contributed by atoms with van der Waals surface area (Å²) in [5.74, 6) is 0. The highest BCUT2D eigenvalue weighted by Gasteiger charge is 1.97. The topological polar surface area (TPSA) is 0 Å². The van der Waals surface area contributed by atoms with Crippen LogP contribution < -0.4 is 0 Å². The largest absolute Gasteiger partial charge is 0.141 e. The van der Waals surface area contributed by atoms with Crippen LogP contribution in [0.25, 0.3) is 6.08 Å². The van der Waals surface area contributed by atoms with Crippen LogP contribution in [0.3, 0.4) is 0 Å². The maximum atomic E-state index is 2.27. The Morgan fingerprint density at radius 3 is 2.79 bits per heavy atom. The molecule has 0 amide bonds. The van der Waals surface area contributed by atoms with Crippen LogP contribution in [0.2, 0.25) is 0 Å². The minimum atomic E-state index is 1.27. The van der Waals surface area contributed by atoms with E-state index in [4.69, 9.17) is 0 Å². The number of aryl methyl sites for hydroxylation is 1. The maximum absolute atomic E-state index is 2.27. The lowest BCUT2D eigenvalue weighted by Gasteiger charge is -1.96. The third kappa shape index (κ3) is 4.10. The second-order valence-corrected chi connectivity index (χ2v) is 4.81. The maximum Gasteiger partial charge on any atom is 0.0269 e. The van der Waals surface area contributed by atoms with Crippen molar-refractivity contribution >= 4 is 17.4 Å². The van der Waals surface area contributed by atoms with Crippen molar-refractivity contribution in [1.82, 2.24) is 0 Å². The lowest BCUT2D eigenvalue weighted by molar-refractivity contribution is 0.670. The fourth-order valence-electron chi connectivity index (χ4n) is 1.51. The van der Waals surface area contributed by atoms with Gasteiger partial charge in [0.1, 0.15) is 0 Å². The molecule has 1 heterocycles. The van der Waals surface area contributed by atoms with Crippen molar-refractivity contribution < 1.29 is 0 Å². The van der Waals surface area contributed by atoms with Crippen LogP contribution >= 0.6 is 11.3 Å². The second kappa shape index (κ2) is 6.83. The van der Waals surface area contributed by atoms with Gasteiger partial charge in [0.05, 0.1) is 0 Å². The predicted octanol–water partition coefficient (Wildman–Crippen LogP) is 4.90. The molecular formula is C13H20S. The first-order valence-corrected chi connectivity index (χ1v) is 6.40. The number of hydrogen-bond donors (Lipinski definition) is 0. The van der Waals surface area contributed by atoms with Crippen molar-refractivity contribution in [2.24, 2.45) is 0 Å². The summed E-state index contributed by atoms with van der Waals surface area (Å²) in [6.45, 7) is 4.33. The SMILES string of the molecule is CC=Cc1ccc(CCCCCC)s1. The molecule has 0 aromatic carbocycles. The smallest absolute Gasteiger partial charge is 0.0269 e. The molecular weight excluding hydrogens is 188 g/mol. The van der Waals surface area contributed by atoms with Gasteiger partial charge in [-0.05, 0) is 38.0 Å². The predicted molar refractivity (Wildman–Crippen MR) is 66.9 cm³/mol. The second-order valence-electron chi connectivity index (χ2n) is 3.61. The molecule has 0 aliphatic rings. The summed E-state index contributed by atoms with van der Waals surface area (Å²) in [5, 5.41) is 0. The third-order valence-corrected chi connectivity index (χ3v) is 3.40. The van der Waals surface area contributed by atoms with E-state index in [2.05, 4.69) is 38.1 Å². The summed E-state index contributed by atoms with van der Waals surface area (Å²) in [5.41, 5.74) is 0. The van der Waals surface area contributed by atoms with E-state index in [9.17, 15) is 0 Å². The number of rotatable bonds is 6. The van der Waals surface area contributed by atoms with Gasteiger partial charge < -0.3 is 0 Å². The van der Waals surface area contributed by atoms with Crippen LogP contribution in [0.15, 0.2) is 18.2 Å². The average Bonchev–Trinajstić information content (AvgIpc) is 2.61. The molecule has 0 fully saturated rings. The van der Waals surface area contributed by atoms with E-state index >= 15 is 0 Å². The van der Waals surface area contributed by atoms with Gasteiger partial charge in [0.15, 0.2) is 0 Å². The molecule has 1 aromatic rings. The zero-order valence-corrected chi connectivity index (χ0v) is 10.1. The summed E-state index contributed by atoms with van der Waals surface area (Å²) < 4.78 is 0. The van der Waals surface area contributed by atoms with E-state index in [1.54, 1.807) is 0 Å². The fourth-order valence-corrected chi connectivity index (χ4v) is 2.53. The van der Waals surface area contributed by atoms with Gasteiger partial charge in [0.25, 0.3) is 0 Å². The molecule has 0 bridgehead atoms. The van der Waals surface area contributed by atoms with Gasteiger partial charge >= 0.3 is 0 Å². The van der Waals surface area contributed by atoms with Crippen molar-refractivity contribution in [2.45, 2.75) is 46.0 Å². The molecule has 0 spiro atoms. The minimum Gasteiger partial charge on any atom is -0.141 e. The number of hydrogen-bond acceptors (Lipinski definition) is 1. The van der Waals surface area contributed by atoms with E-state index in [0.29, 0.717) is 0 Å². The molecule has 1 aromatic heterocycles. The van der Waals surface area contributed by atoms with Gasteiger partial charge in [0.2, 0.25) is 0 Å². The first-order chi connectivity index (χ1) is 6.86. The summed E-state index contributed by atoms with van der Waals surface area (Å²) in [6.07, 6.45) is 11.0. The van der Waals surface area contributed by atoms with Crippen molar-refractivity contribution in [3.63, 3.8) is 0 Å². The Hall–Kier alpha value is -0.560. The molecule has 78 valence electrons. The van der Waals surface area contributed by atoms with Crippen LogP contribution in [0.5, 0.6) is 0 Å². The molecule has 0 N–H and O–H groups in total.